The molecule has 0 N–H and O–H groups in total. The van der Waals surface area contributed by atoms with Crippen LogP contribution in [0.5, 0.6) is 0 Å². The second-order valence-corrected chi connectivity index (χ2v) is 3.26. The molecular formula is C10H9F3N2. The Hall–Kier alpha value is -1.52. The Labute approximate surface area is 84.4 Å². The maximum absolute atomic E-state index is 12.5. The van der Waals surface area contributed by atoms with E-state index < -0.39 is 11.9 Å². The fourth-order valence-corrected chi connectivity index (χ4v) is 1.45. The first-order valence-electron chi connectivity index (χ1n) is 4.55. The van der Waals surface area contributed by atoms with Gasteiger partial charge in [0.05, 0.1) is 6.20 Å². The molecule has 80 valence electrons. The van der Waals surface area contributed by atoms with Gasteiger partial charge in [0.2, 0.25) is 0 Å². The lowest BCUT2D eigenvalue weighted by atomic mass is 10.2. The average molecular weight is 214 g/mol. The number of fused-ring (bicyclic) bond motifs is 1. The Morgan fingerprint density at radius 2 is 2.13 bits per heavy atom. The minimum absolute atomic E-state index is 0.335. The number of hydrogen-bond acceptors (Lipinski definition) is 1. The summed E-state index contributed by atoms with van der Waals surface area (Å²) in [5.74, 6) is 0. The van der Waals surface area contributed by atoms with E-state index in [1.165, 1.54) is 6.20 Å². The molecule has 0 saturated heterocycles. The zero-order valence-corrected chi connectivity index (χ0v) is 8.04. The van der Waals surface area contributed by atoms with Crippen LogP contribution in [0.4, 0.5) is 13.2 Å². The number of aryl methyl sites for hydroxylation is 1. The zero-order chi connectivity index (χ0) is 11.1. The van der Waals surface area contributed by atoms with Crippen LogP contribution in [0.3, 0.4) is 0 Å². The molecule has 15 heavy (non-hydrogen) atoms. The molecule has 0 aliphatic rings. The van der Waals surface area contributed by atoms with E-state index in [0.717, 1.165) is 22.6 Å². The second-order valence-electron chi connectivity index (χ2n) is 3.26. The van der Waals surface area contributed by atoms with E-state index in [0.29, 0.717) is 5.65 Å². The van der Waals surface area contributed by atoms with Gasteiger partial charge < -0.3 is 0 Å². The number of rotatable bonds is 1. The molecule has 0 saturated carbocycles. The molecular weight excluding hydrogens is 205 g/mol. The van der Waals surface area contributed by atoms with E-state index in [-0.39, 0.29) is 0 Å². The van der Waals surface area contributed by atoms with Crippen LogP contribution >= 0.6 is 0 Å². The number of pyridine rings is 1. The Balaban J connectivity index is 2.62. The molecule has 0 bridgehead atoms. The summed E-state index contributed by atoms with van der Waals surface area (Å²) in [4.78, 5) is 3.74. The van der Waals surface area contributed by atoms with Crippen molar-refractivity contribution in [2.24, 2.45) is 0 Å². The zero-order valence-electron chi connectivity index (χ0n) is 8.04. The summed E-state index contributed by atoms with van der Waals surface area (Å²) >= 11 is 0. The predicted octanol–water partition coefficient (Wildman–Crippen LogP) is 2.92. The lowest BCUT2D eigenvalue weighted by Gasteiger charge is -2.05. The SMILES string of the molecule is CCc1ccn2c(C(F)(F)F)cnc2c1. The van der Waals surface area contributed by atoms with E-state index in [4.69, 9.17) is 0 Å². The molecule has 0 radical (unpaired) electrons. The van der Waals surface area contributed by atoms with Crippen LogP contribution in [0, 0.1) is 0 Å². The smallest absolute Gasteiger partial charge is 0.296 e. The Kier molecular flexibility index (Phi) is 2.17. The van der Waals surface area contributed by atoms with Crippen molar-refractivity contribution in [3.63, 3.8) is 0 Å². The lowest BCUT2D eigenvalue weighted by molar-refractivity contribution is -0.141. The van der Waals surface area contributed by atoms with E-state index >= 15 is 0 Å². The fraction of sp³-hybridized carbons (Fsp3) is 0.300. The number of alkyl halides is 3. The highest BCUT2D eigenvalue weighted by Crippen LogP contribution is 2.29. The summed E-state index contributed by atoms with van der Waals surface area (Å²) in [6, 6.07) is 3.33. The minimum Gasteiger partial charge on any atom is -0.296 e. The van der Waals surface area contributed by atoms with Gasteiger partial charge in [-0.25, -0.2) is 4.98 Å². The fourth-order valence-electron chi connectivity index (χ4n) is 1.45. The molecule has 0 aromatic carbocycles. The average Bonchev–Trinajstić information content (AvgIpc) is 2.59. The van der Waals surface area contributed by atoms with Crippen molar-refractivity contribution in [1.82, 2.24) is 9.38 Å². The molecule has 5 heteroatoms. The highest BCUT2D eigenvalue weighted by molar-refractivity contribution is 5.43. The van der Waals surface area contributed by atoms with Gasteiger partial charge in [0, 0.05) is 6.20 Å². The van der Waals surface area contributed by atoms with Crippen molar-refractivity contribution >= 4 is 5.65 Å². The van der Waals surface area contributed by atoms with Crippen LogP contribution in [0.15, 0.2) is 24.5 Å². The third kappa shape index (κ3) is 1.69. The van der Waals surface area contributed by atoms with Crippen LogP contribution in [0.25, 0.3) is 5.65 Å². The summed E-state index contributed by atoms with van der Waals surface area (Å²) in [6.45, 7) is 1.94. The van der Waals surface area contributed by atoms with Gasteiger partial charge in [0.25, 0.3) is 0 Å². The van der Waals surface area contributed by atoms with Crippen molar-refractivity contribution in [3.8, 4) is 0 Å². The Morgan fingerprint density at radius 3 is 2.73 bits per heavy atom. The van der Waals surface area contributed by atoms with Crippen LogP contribution in [-0.2, 0) is 12.6 Å². The van der Waals surface area contributed by atoms with Crippen LogP contribution in [-0.4, -0.2) is 9.38 Å². The van der Waals surface area contributed by atoms with Gasteiger partial charge >= 0.3 is 6.18 Å². The van der Waals surface area contributed by atoms with Crippen molar-refractivity contribution in [2.75, 3.05) is 0 Å². The number of imidazole rings is 1. The summed E-state index contributed by atoms with van der Waals surface area (Å²) < 4.78 is 38.5. The van der Waals surface area contributed by atoms with Crippen molar-refractivity contribution in [3.05, 3.63) is 35.8 Å². The molecule has 0 fully saturated rings. The van der Waals surface area contributed by atoms with Gasteiger partial charge in [0.1, 0.15) is 11.3 Å². The van der Waals surface area contributed by atoms with Crippen molar-refractivity contribution < 1.29 is 13.2 Å². The van der Waals surface area contributed by atoms with Crippen LogP contribution < -0.4 is 0 Å². The molecule has 0 spiro atoms. The first-order chi connectivity index (χ1) is 7.02. The maximum atomic E-state index is 12.5. The first kappa shape index (κ1) is 10.0. The third-order valence-electron chi connectivity index (χ3n) is 2.28. The number of aromatic nitrogens is 2. The van der Waals surface area contributed by atoms with E-state index in [1.807, 2.05) is 6.92 Å². The standard InChI is InChI=1S/C10H9F3N2/c1-2-7-3-4-15-8(10(11,12)13)6-14-9(15)5-7/h3-6H,2H2,1H3. The highest BCUT2D eigenvalue weighted by atomic mass is 19.4. The number of halogens is 3. The summed E-state index contributed by atoms with van der Waals surface area (Å²) in [6.07, 6.45) is -1.31. The van der Waals surface area contributed by atoms with Crippen LogP contribution in [0.1, 0.15) is 18.2 Å². The molecule has 2 heterocycles. The molecule has 0 aliphatic heterocycles. The summed E-state index contributed by atoms with van der Waals surface area (Å²) in [7, 11) is 0. The number of nitrogens with zero attached hydrogens (tertiary/aromatic N) is 2. The second kappa shape index (κ2) is 3.25. The monoisotopic (exact) mass is 214 g/mol. The summed E-state index contributed by atoms with van der Waals surface area (Å²) in [5, 5.41) is 0. The van der Waals surface area contributed by atoms with Gasteiger partial charge in [-0.3, -0.25) is 4.40 Å². The molecule has 0 amide bonds. The van der Waals surface area contributed by atoms with E-state index in [1.54, 1.807) is 12.1 Å². The molecule has 0 unspecified atom stereocenters. The largest absolute Gasteiger partial charge is 0.433 e. The molecule has 2 aromatic heterocycles. The van der Waals surface area contributed by atoms with Crippen molar-refractivity contribution in [1.29, 1.82) is 0 Å². The minimum atomic E-state index is -4.35. The van der Waals surface area contributed by atoms with Gasteiger partial charge in [-0.05, 0) is 24.1 Å². The lowest BCUT2D eigenvalue weighted by Crippen LogP contribution is -2.08. The predicted molar refractivity (Wildman–Crippen MR) is 49.6 cm³/mol. The van der Waals surface area contributed by atoms with Gasteiger partial charge in [-0.15, -0.1) is 0 Å². The summed E-state index contributed by atoms with van der Waals surface area (Å²) in [5.41, 5.74) is 0.573. The Bertz CT molecular complexity index is 485. The normalized spacial score (nSPS) is 12.3. The number of hydrogen-bond donors (Lipinski definition) is 0. The highest BCUT2D eigenvalue weighted by Gasteiger charge is 2.34. The van der Waals surface area contributed by atoms with Crippen LogP contribution in [0.2, 0.25) is 0 Å². The quantitative estimate of drug-likeness (QED) is 0.713. The van der Waals surface area contributed by atoms with E-state index in [9.17, 15) is 13.2 Å². The Morgan fingerprint density at radius 1 is 1.40 bits per heavy atom. The first-order valence-corrected chi connectivity index (χ1v) is 4.55. The van der Waals surface area contributed by atoms with Crippen molar-refractivity contribution in [2.45, 2.75) is 19.5 Å². The molecule has 2 nitrogen and oxygen atoms in total. The molecule has 0 atom stereocenters. The topological polar surface area (TPSA) is 17.3 Å². The van der Waals surface area contributed by atoms with Gasteiger partial charge in [-0.1, -0.05) is 6.92 Å². The molecule has 2 rings (SSSR count). The van der Waals surface area contributed by atoms with Gasteiger partial charge in [0.15, 0.2) is 0 Å². The molecule has 0 aliphatic carbocycles. The molecule has 2 aromatic rings. The van der Waals surface area contributed by atoms with Gasteiger partial charge in [-0.2, -0.15) is 13.2 Å². The maximum Gasteiger partial charge on any atom is 0.433 e. The van der Waals surface area contributed by atoms with E-state index in [2.05, 4.69) is 4.98 Å². The third-order valence-corrected chi connectivity index (χ3v) is 2.28.